The van der Waals surface area contributed by atoms with E-state index >= 15 is 0 Å². The molecule has 0 heterocycles. The molecule has 0 saturated heterocycles. The van der Waals surface area contributed by atoms with Crippen molar-refractivity contribution in [2.75, 3.05) is 7.05 Å². The predicted octanol–water partition coefficient (Wildman–Crippen LogP) is 4.22. The smallest absolute Gasteiger partial charge is 0.226 e. The van der Waals surface area contributed by atoms with Gasteiger partial charge in [-0.1, -0.05) is 28.8 Å². The molecule has 1 amide bonds. The maximum absolute atomic E-state index is 13.2. The van der Waals surface area contributed by atoms with Gasteiger partial charge in [-0.25, -0.2) is 0 Å². The molecular formula is C18H28BrNO. The van der Waals surface area contributed by atoms with E-state index in [2.05, 4.69) is 27.9 Å². The zero-order valence-electron chi connectivity index (χ0n) is 13.1. The summed E-state index contributed by atoms with van der Waals surface area (Å²) >= 11 is 3.83. The molecule has 5 fully saturated rings. The zero-order chi connectivity index (χ0) is 14.6. The number of carbonyl (C=O) groups excluding carboxylic acids is 1. The summed E-state index contributed by atoms with van der Waals surface area (Å²) in [7, 11) is 2.08. The fourth-order valence-electron chi connectivity index (χ4n) is 6.23. The van der Waals surface area contributed by atoms with Gasteiger partial charge in [0.15, 0.2) is 0 Å². The first-order chi connectivity index (χ1) is 10.1. The van der Waals surface area contributed by atoms with Gasteiger partial charge in [-0.15, -0.1) is 0 Å². The normalized spacial score (nSPS) is 48.4. The van der Waals surface area contributed by atoms with E-state index in [4.69, 9.17) is 0 Å². The summed E-state index contributed by atoms with van der Waals surface area (Å²) in [5.41, 5.74) is 0. The van der Waals surface area contributed by atoms with Gasteiger partial charge in [0.1, 0.15) is 0 Å². The molecule has 2 unspecified atom stereocenters. The van der Waals surface area contributed by atoms with Crippen molar-refractivity contribution < 1.29 is 4.79 Å². The summed E-state index contributed by atoms with van der Waals surface area (Å²) in [6, 6.07) is 0.434. The summed E-state index contributed by atoms with van der Waals surface area (Å²) in [6.07, 6.45) is 11.9. The van der Waals surface area contributed by atoms with Gasteiger partial charge in [0.2, 0.25) is 5.91 Å². The van der Waals surface area contributed by atoms with Crippen LogP contribution in [0.25, 0.3) is 0 Å². The van der Waals surface area contributed by atoms with Crippen molar-refractivity contribution in [2.24, 2.45) is 29.6 Å². The maximum Gasteiger partial charge on any atom is 0.226 e. The average Bonchev–Trinajstić information content (AvgIpc) is 2.45. The number of hydrogen-bond donors (Lipinski definition) is 0. The van der Waals surface area contributed by atoms with E-state index in [1.807, 2.05) is 0 Å². The van der Waals surface area contributed by atoms with Crippen molar-refractivity contribution in [3.8, 4) is 0 Å². The Bertz CT molecular complexity index is 395. The molecule has 2 atom stereocenters. The third-order valence-electron chi connectivity index (χ3n) is 7.00. The molecular weight excluding hydrogens is 326 g/mol. The van der Waals surface area contributed by atoms with Crippen molar-refractivity contribution in [3.63, 3.8) is 0 Å². The molecule has 2 nitrogen and oxygen atoms in total. The van der Waals surface area contributed by atoms with Gasteiger partial charge in [-0.3, -0.25) is 4.79 Å². The van der Waals surface area contributed by atoms with E-state index in [1.54, 1.807) is 0 Å². The first kappa shape index (κ1) is 14.5. The predicted molar refractivity (Wildman–Crippen MR) is 88.3 cm³/mol. The Morgan fingerprint density at radius 1 is 0.952 bits per heavy atom. The van der Waals surface area contributed by atoms with E-state index < -0.39 is 0 Å². The van der Waals surface area contributed by atoms with Crippen LogP contribution in [0.4, 0.5) is 0 Å². The highest BCUT2D eigenvalue weighted by Gasteiger charge is 2.51. The van der Waals surface area contributed by atoms with Crippen LogP contribution in [-0.2, 0) is 4.79 Å². The SMILES string of the molecule is CN(C(=O)C1C2CC3CC(C2)CC1C3)C1CCCCC1Br. The molecule has 5 aliphatic carbocycles. The molecule has 5 rings (SSSR count). The van der Waals surface area contributed by atoms with Crippen LogP contribution < -0.4 is 0 Å². The summed E-state index contributed by atoms with van der Waals surface area (Å²) in [6.45, 7) is 0. The number of hydrogen-bond acceptors (Lipinski definition) is 1. The van der Waals surface area contributed by atoms with Crippen LogP contribution in [0, 0.1) is 29.6 Å². The van der Waals surface area contributed by atoms with Gasteiger partial charge in [-0.05, 0) is 68.6 Å². The molecule has 3 heteroatoms. The van der Waals surface area contributed by atoms with Gasteiger partial charge < -0.3 is 4.90 Å². The van der Waals surface area contributed by atoms with Crippen molar-refractivity contribution in [3.05, 3.63) is 0 Å². The third kappa shape index (κ3) is 2.48. The average molecular weight is 354 g/mol. The molecule has 0 aromatic heterocycles. The van der Waals surface area contributed by atoms with Crippen LogP contribution in [0.1, 0.15) is 57.8 Å². The summed E-state index contributed by atoms with van der Waals surface area (Å²) in [5, 5.41) is 0. The second kappa shape index (κ2) is 5.54. The minimum Gasteiger partial charge on any atom is -0.341 e. The Kier molecular flexibility index (Phi) is 3.84. The number of nitrogens with zero attached hydrogens (tertiary/aromatic N) is 1. The Hall–Kier alpha value is -0.0500. The molecule has 5 aliphatic rings. The van der Waals surface area contributed by atoms with Crippen LogP contribution in [0.2, 0.25) is 0 Å². The Morgan fingerprint density at radius 2 is 1.52 bits per heavy atom. The second-order valence-corrected chi connectivity index (χ2v) is 9.45. The standard InChI is InChI=1S/C18H28BrNO/c1-20(16-5-3-2-4-15(16)19)18(21)17-13-7-11-6-12(9-13)10-14(17)8-11/h11-17H,2-10H2,1H3. The van der Waals surface area contributed by atoms with E-state index in [9.17, 15) is 4.79 Å². The maximum atomic E-state index is 13.2. The Balaban J connectivity index is 1.49. The largest absolute Gasteiger partial charge is 0.341 e. The quantitative estimate of drug-likeness (QED) is 0.680. The molecule has 21 heavy (non-hydrogen) atoms. The van der Waals surface area contributed by atoms with Crippen molar-refractivity contribution in [1.82, 2.24) is 4.90 Å². The Labute approximate surface area is 137 Å². The summed E-state index contributed by atoms with van der Waals surface area (Å²) in [5.74, 6) is 4.20. The molecule has 0 spiro atoms. The number of rotatable bonds is 2. The van der Waals surface area contributed by atoms with E-state index in [0.717, 1.165) is 11.8 Å². The van der Waals surface area contributed by atoms with Gasteiger partial charge in [0, 0.05) is 23.8 Å². The summed E-state index contributed by atoms with van der Waals surface area (Å²) in [4.78, 5) is 15.8. The van der Waals surface area contributed by atoms with Crippen molar-refractivity contribution in [2.45, 2.75) is 68.7 Å². The molecule has 118 valence electrons. The lowest BCUT2D eigenvalue weighted by Crippen LogP contribution is -2.54. The molecule has 0 radical (unpaired) electrons. The highest BCUT2D eigenvalue weighted by atomic mass is 79.9. The minimum absolute atomic E-state index is 0.365. The minimum atomic E-state index is 0.365. The second-order valence-electron chi connectivity index (χ2n) is 8.27. The number of halogens is 1. The van der Waals surface area contributed by atoms with Gasteiger partial charge in [-0.2, -0.15) is 0 Å². The van der Waals surface area contributed by atoms with Crippen LogP contribution in [0.15, 0.2) is 0 Å². The molecule has 0 aromatic carbocycles. The lowest BCUT2D eigenvalue weighted by atomic mass is 9.51. The lowest BCUT2D eigenvalue weighted by molar-refractivity contribution is -0.150. The molecule has 5 saturated carbocycles. The highest BCUT2D eigenvalue weighted by molar-refractivity contribution is 9.09. The first-order valence-corrected chi connectivity index (χ1v) is 9.95. The molecule has 0 N–H and O–H groups in total. The monoisotopic (exact) mass is 353 g/mol. The zero-order valence-corrected chi connectivity index (χ0v) is 14.7. The first-order valence-electron chi connectivity index (χ1n) is 9.04. The Morgan fingerprint density at radius 3 is 2.10 bits per heavy atom. The topological polar surface area (TPSA) is 20.3 Å². The van der Waals surface area contributed by atoms with E-state index in [0.29, 0.717) is 34.5 Å². The van der Waals surface area contributed by atoms with Crippen molar-refractivity contribution in [1.29, 1.82) is 0 Å². The van der Waals surface area contributed by atoms with Crippen LogP contribution >= 0.6 is 15.9 Å². The van der Waals surface area contributed by atoms with Crippen molar-refractivity contribution >= 4 is 21.8 Å². The molecule has 0 aliphatic heterocycles. The van der Waals surface area contributed by atoms with Gasteiger partial charge in [0.25, 0.3) is 0 Å². The third-order valence-corrected chi connectivity index (χ3v) is 8.07. The molecule has 4 bridgehead atoms. The highest BCUT2D eigenvalue weighted by Crippen LogP contribution is 2.57. The summed E-state index contributed by atoms with van der Waals surface area (Å²) < 4.78 is 0. The fourth-order valence-corrected chi connectivity index (χ4v) is 7.17. The van der Waals surface area contributed by atoms with Crippen LogP contribution in [-0.4, -0.2) is 28.7 Å². The van der Waals surface area contributed by atoms with Gasteiger partial charge >= 0.3 is 0 Å². The van der Waals surface area contributed by atoms with Gasteiger partial charge in [0.05, 0.1) is 0 Å². The lowest BCUT2D eigenvalue weighted by Gasteiger charge is -2.54. The van der Waals surface area contributed by atoms with Crippen LogP contribution in [0.5, 0.6) is 0 Å². The number of alkyl halides is 1. The van der Waals surface area contributed by atoms with E-state index in [1.165, 1.54) is 57.8 Å². The molecule has 0 aromatic rings. The van der Waals surface area contributed by atoms with Crippen LogP contribution in [0.3, 0.4) is 0 Å². The fraction of sp³-hybridized carbons (Fsp3) is 0.944. The van der Waals surface area contributed by atoms with E-state index in [-0.39, 0.29) is 0 Å². The number of amides is 1. The number of carbonyl (C=O) groups is 1.